The molecule has 0 bridgehead atoms. The van der Waals surface area contributed by atoms with Crippen molar-refractivity contribution in [3.05, 3.63) is 71.4 Å². The molecule has 0 amide bonds. The lowest BCUT2D eigenvalue weighted by atomic mass is 9.94. The highest BCUT2D eigenvalue weighted by molar-refractivity contribution is 7.80. The van der Waals surface area contributed by atoms with Crippen LogP contribution in [0.1, 0.15) is 18.5 Å². The van der Waals surface area contributed by atoms with Gasteiger partial charge < -0.3 is 20.1 Å². The number of thiocarbonyl (C=S) groups is 1. The van der Waals surface area contributed by atoms with Crippen molar-refractivity contribution in [3.63, 3.8) is 0 Å². The Bertz CT molecular complexity index is 847. The van der Waals surface area contributed by atoms with Crippen LogP contribution < -0.4 is 10.6 Å². The smallest absolute Gasteiger partial charge is 0.338 e. The quantitative estimate of drug-likeness (QED) is 0.454. The third-order valence-corrected chi connectivity index (χ3v) is 4.58. The SMILES string of the molecule is COCCOC(=O)C1=C(C)NC(=S)N[C@H]1c1ccc(-c2ccccc2)cc1. The van der Waals surface area contributed by atoms with Crippen LogP contribution in [0.2, 0.25) is 0 Å². The molecule has 0 fully saturated rings. The number of hydrogen-bond donors (Lipinski definition) is 2. The maximum absolute atomic E-state index is 12.6. The Morgan fingerprint density at radius 3 is 2.37 bits per heavy atom. The highest BCUT2D eigenvalue weighted by Gasteiger charge is 2.30. The zero-order valence-electron chi connectivity index (χ0n) is 15.3. The number of allylic oxidation sites excluding steroid dienone is 1. The lowest BCUT2D eigenvalue weighted by molar-refractivity contribution is -0.140. The Hall–Kier alpha value is -2.70. The highest BCUT2D eigenvalue weighted by atomic mass is 32.1. The van der Waals surface area contributed by atoms with Crippen LogP contribution in [-0.2, 0) is 14.3 Å². The predicted molar refractivity (Wildman–Crippen MR) is 109 cm³/mol. The molecule has 0 spiro atoms. The molecule has 0 radical (unpaired) electrons. The molecular formula is C21H22N2O3S. The lowest BCUT2D eigenvalue weighted by Crippen LogP contribution is -2.45. The second-order valence-electron chi connectivity index (χ2n) is 6.19. The molecule has 0 aliphatic carbocycles. The normalized spacial score (nSPS) is 16.5. The molecule has 1 aliphatic heterocycles. The fraction of sp³-hybridized carbons (Fsp3) is 0.238. The summed E-state index contributed by atoms with van der Waals surface area (Å²) in [4.78, 5) is 12.6. The number of nitrogens with one attached hydrogen (secondary N) is 2. The molecule has 0 aromatic heterocycles. The molecule has 1 heterocycles. The molecule has 0 saturated heterocycles. The van der Waals surface area contributed by atoms with Gasteiger partial charge in [-0.1, -0.05) is 54.6 Å². The summed E-state index contributed by atoms with van der Waals surface area (Å²) in [7, 11) is 1.57. The zero-order chi connectivity index (χ0) is 19.2. The second-order valence-corrected chi connectivity index (χ2v) is 6.60. The van der Waals surface area contributed by atoms with E-state index < -0.39 is 0 Å². The van der Waals surface area contributed by atoms with Crippen LogP contribution in [0.25, 0.3) is 11.1 Å². The summed E-state index contributed by atoms with van der Waals surface area (Å²) in [5.74, 6) is -0.385. The van der Waals surface area contributed by atoms with E-state index in [1.165, 1.54) is 0 Å². The minimum absolute atomic E-state index is 0.205. The fourth-order valence-corrected chi connectivity index (χ4v) is 3.28. The Morgan fingerprint density at radius 2 is 1.70 bits per heavy atom. The number of benzene rings is 2. The third kappa shape index (κ3) is 4.53. The first-order valence-corrected chi connectivity index (χ1v) is 9.10. The van der Waals surface area contributed by atoms with Gasteiger partial charge >= 0.3 is 5.97 Å². The van der Waals surface area contributed by atoms with Crippen LogP contribution >= 0.6 is 12.2 Å². The van der Waals surface area contributed by atoms with E-state index >= 15 is 0 Å². The first kappa shape index (κ1) is 19.1. The molecule has 6 heteroatoms. The van der Waals surface area contributed by atoms with Crippen LogP contribution in [0.3, 0.4) is 0 Å². The number of rotatable bonds is 6. The molecule has 140 valence electrons. The molecule has 5 nitrogen and oxygen atoms in total. The minimum Gasteiger partial charge on any atom is -0.460 e. The van der Waals surface area contributed by atoms with Crippen molar-refractivity contribution >= 4 is 23.3 Å². The van der Waals surface area contributed by atoms with Gasteiger partial charge in [-0.25, -0.2) is 4.79 Å². The Morgan fingerprint density at radius 1 is 1.04 bits per heavy atom. The maximum Gasteiger partial charge on any atom is 0.338 e. The number of ether oxygens (including phenoxy) is 2. The van der Waals surface area contributed by atoms with Gasteiger partial charge in [-0.05, 0) is 35.8 Å². The van der Waals surface area contributed by atoms with Gasteiger partial charge in [-0.3, -0.25) is 0 Å². The van der Waals surface area contributed by atoms with Gasteiger partial charge in [0.15, 0.2) is 5.11 Å². The van der Waals surface area contributed by atoms with Crippen molar-refractivity contribution in [3.8, 4) is 11.1 Å². The average Bonchev–Trinajstić information content (AvgIpc) is 2.68. The molecule has 2 aromatic carbocycles. The van der Waals surface area contributed by atoms with E-state index in [1.54, 1.807) is 7.11 Å². The Kier molecular flexibility index (Phi) is 6.21. The van der Waals surface area contributed by atoms with Gasteiger partial charge in [-0.2, -0.15) is 0 Å². The highest BCUT2D eigenvalue weighted by Crippen LogP contribution is 2.29. The van der Waals surface area contributed by atoms with E-state index in [2.05, 4.69) is 22.8 Å². The standard InChI is InChI=1S/C21H22N2O3S/c1-14-18(20(24)26-13-12-25-2)19(23-21(27)22-14)17-10-8-16(9-11-17)15-6-4-3-5-7-15/h3-11,19H,12-13H2,1-2H3,(H2,22,23,27)/t19-/m0/s1. The minimum atomic E-state index is -0.385. The molecule has 27 heavy (non-hydrogen) atoms. The van der Waals surface area contributed by atoms with Gasteiger partial charge in [0.2, 0.25) is 0 Å². The summed E-state index contributed by atoms with van der Waals surface area (Å²) in [5, 5.41) is 6.66. The van der Waals surface area contributed by atoms with E-state index in [9.17, 15) is 4.79 Å². The van der Waals surface area contributed by atoms with Crippen molar-refractivity contribution in [1.29, 1.82) is 0 Å². The van der Waals surface area contributed by atoms with Crippen molar-refractivity contribution in [2.24, 2.45) is 0 Å². The van der Waals surface area contributed by atoms with Gasteiger partial charge in [0.1, 0.15) is 6.61 Å². The fourth-order valence-electron chi connectivity index (χ4n) is 3.01. The zero-order valence-corrected chi connectivity index (χ0v) is 16.1. The summed E-state index contributed by atoms with van der Waals surface area (Å²) in [6.45, 7) is 2.38. The van der Waals surface area contributed by atoms with Crippen molar-refractivity contribution < 1.29 is 14.3 Å². The first-order valence-electron chi connectivity index (χ1n) is 8.70. The van der Waals surface area contributed by atoms with Crippen LogP contribution in [0.5, 0.6) is 0 Å². The molecule has 1 atom stereocenters. The van der Waals surface area contributed by atoms with Gasteiger partial charge in [0.25, 0.3) is 0 Å². The molecule has 0 unspecified atom stereocenters. The molecular weight excluding hydrogens is 360 g/mol. The number of carbonyl (C=O) groups is 1. The second kappa shape index (κ2) is 8.79. The molecule has 3 rings (SSSR count). The van der Waals surface area contributed by atoms with E-state index in [4.69, 9.17) is 21.7 Å². The molecule has 2 aromatic rings. The van der Waals surface area contributed by atoms with Gasteiger partial charge in [0, 0.05) is 12.8 Å². The predicted octanol–water partition coefficient (Wildman–Crippen LogP) is 3.34. The first-order chi connectivity index (χ1) is 13.1. The number of hydrogen-bond acceptors (Lipinski definition) is 4. The molecule has 1 aliphatic rings. The topological polar surface area (TPSA) is 59.6 Å². The van der Waals surface area contributed by atoms with Gasteiger partial charge in [-0.15, -0.1) is 0 Å². The van der Waals surface area contributed by atoms with E-state index in [1.807, 2.05) is 49.4 Å². The Balaban J connectivity index is 1.87. The average molecular weight is 382 g/mol. The number of esters is 1. The van der Waals surface area contributed by atoms with Crippen molar-refractivity contribution in [1.82, 2.24) is 10.6 Å². The maximum atomic E-state index is 12.6. The summed E-state index contributed by atoms with van der Waals surface area (Å²) in [5.41, 5.74) is 4.41. The largest absolute Gasteiger partial charge is 0.460 e. The van der Waals surface area contributed by atoms with Crippen LogP contribution in [0.4, 0.5) is 0 Å². The number of carbonyl (C=O) groups excluding carboxylic acids is 1. The van der Waals surface area contributed by atoms with Gasteiger partial charge in [0.05, 0.1) is 18.2 Å². The summed E-state index contributed by atoms with van der Waals surface area (Å²) in [6, 6.07) is 17.9. The summed E-state index contributed by atoms with van der Waals surface area (Å²) < 4.78 is 10.3. The van der Waals surface area contributed by atoms with Crippen molar-refractivity contribution in [2.45, 2.75) is 13.0 Å². The van der Waals surface area contributed by atoms with Crippen molar-refractivity contribution in [2.75, 3.05) is 20.3 Å². The summed E-state index contributed by atoms with van der Waals surface area (Å²) >= 11 is 5.28. The van der Waals surface area contributed by atoms with Crippen LogP contribution in [-0.4, -0.2) is 31.4 Å². The van der Waals surface area contributed by atoms with E-state index in [0.29, 0.717) is 23.0 Å². The van der Waals surface area contributed by atoms with E-state index in [0.717, 1.165) is 16.7 Å². The Labute approximate surface area is 164 Å². The van der Waals surface area contributed by atoms with Crippen LogP contribution in [0.15, 0.2) is 65.9 Å². The lowest BCUT2D eigenvalue weighted by Gasteiger charge is -2.30. The third-order valence-electron chi connectivity index (χ3n) is 4.36. The molecule has 0 saturated carbocycles. The molecule has 2 N–H and O–H groups in total. The van der Waals surface area contributed by atoms with E-state index in [-0.39, 0.29) is 18.6 Å². The monoisotopic (exact) mass is 382 g/mol. The van der Waals surface area contributed by atoms with Crippen LogP contribution in [0, 0.1) is 0 Å². The summed E-state index contributed by atoms with van der Waals surface area (Å²) in [6.07, 6.45) is 0. The number of methoxy groups -OCH3 is 1.